The maximum Gasteiger partial charge on any atom is 0.306 e. The monoisotopic (exact) mass is 323 g/mol. The van der Waals surface area contributed by atoms with E-state index in [0.717, 1.165) is 18.4 Å². The molecule has 2 aliphatic rings. The number of halogens is 1. The van der Waals surface area contributed by atoms with E-state index in [-0.39, 0.29) is 12.3 Å². The van der Waals surface area contributed by atoms with Crippen molar-refractivity contribution in [2.45, 2.75) is 30.8 Å². The summed E-state index contributed by atoms with van der Waals surface area (Å²) < 4.78 is 5.43. The lowest BCUT2D eigenvalue weighted by Crippen LogP contribution is -2.49. The standard InChI is InChI=1S/C16H18ClNO4/c17-12-3-1-11(2-4-12)16(5-6-16)15(21)18-7-8-22-13(10-18)9-14(19)20/h1-4,13H,5-10H2,(H,19,20)/t13-/m0/s1. The van der Waals surface area contributed by atoms with E-state index >= 15 is 0 Å². The highest BCUT2D eigenvalue weighted by atomic mass is 35.5. The molecule has 1 aliphatic heterocycles. The van der Waals surface area contributed by atoms with Crippen LogP contribution in [0.4, 0.5) is 0 Å². The van der Waals surface area contributed by atoms with Crippen LogP contribution in [-0.4, -0.2) is 47.7 Å². The number of rotatable bonds is 4. The zero-order valence-corrected chi connectivity index (χ0v) is 12.9. The number of morpholine rings is 1. The lowest BCUT2D eigenvalue weighted by Gasteiger charge is -2.35. The molecule has 1 N–H and O–H groups in total. The minimum Gasteiger partial charge on any atom is -0.481 e. The molecular weight excluding hydrogens is 306 g/mol. The SMILES string of the molecule is O=C(O)C[C@H]1CN(C(=O)C2(c3ccc(Cl)cc3)CC2)CCO1. The molecule has 0 bridgehead atoms. The summed E-state index contributed by atoms with van der Waals surface area (Å²) >= 11 is 5.91. The second-order valence-corrected chi connectivity index (χ2v) is 6.37. The molecule has 1 aromatic carbocycles. The topological polar surface area (TPSA) is 66.8 Å². The predicted octanol–water partition coefficient (Wildman–Crippen LogP) is 2.07. The van der Waals surface area contributed by atoms with Gasteiger partial charge in [0.25, 0.3) is 0 Å². The zero-order valence-electron chi connectivity index (χ0n) is 12.1. The van der Waals surface area contributed by atoms with E-state index in [2.05, 4.69) is 0 Å². The zero-order chi connectivity index (χ0) is 15.7. The van der Waals surface area contributed by atoms with Crippen LogP contribution in [0.1, 0.15) is 24.8 Å². The Morgan fingerprint density at radius 2 is 2.00 bits per heavy atom. The Labute approximate surface area is 133 Å². The van der Waals surface area contributed by atoms with Crippen LogP contribution in [0.2, 0.25) is 5.02 Å². The third kappa shape index (κ3) is 2.96. The largest absolute Gasteiger partial charge is 0.481 e. The van der Waals surface area contributed by atoms with Crippen molar-refractivity contribution < 1.29 is 19.4 Å². The first-order chi connectivity index (χ1) is 10.5. The second kappa shape index (κ2) is 5.89. The summed E-state index contributed by atoms with van der Waals surface area (Å²) in [5.74, 6) is -0.827. The van der Waals surface area contributed by atoms with E-state index in [1.165, 1.54) is 0 Å². The van der Waals surface area contributed by atoms with Gasteiger partial charge in [0.1, 0.15) is 0 Å². The van der Waals surface area contributed by atoms with Gasteiger partial charge in [-0.1, -0.05) is 23.7 Å². The van der Waals surface area contributed by atoms with Crippen LogP contribution >= 0.6 is 11.6 Å². The number of amides is 1. The molecule has 0 radical (unpaired) electrons. The van der Waals surface area contributed by atoms with E-state index < -0.39 is 17.5 Å². The molecule has 0 unspecified atom stereocenters. The normalized spacial score (nSPS) is 23.1. The first-order valence-electron chi connectivity index (χ1n) is 7.40. The van der Waals surface area contributed by atoms with Crippen molar-refractivity contribution in [1.82, 2.24) is 4.90 Å². The fourth-order valence-corrected chi connectivity index (χ4v) is 3.17. The van der Waals surface area contributed by atoms with Crippen molar-refractivity contribution >= 4 is 23.5 Å². The number of hydrogen-bond acceptors (Lipinski definition) is 3. The van der Waals surface area contributed by atoms with Crippen LogP contribution in [0.25, 0.3) is 0 Å². The van der Waals surface area contributed by atoms with E-state index in [1.54, 1.807) is 17.0 Å². The second-order valence-electron chi connectivity index (χ2n) is 5.93. The molecule has 1 saturated heterocycles. The van der Waals surface area contributed by atoms with Crippen LogP contribution < -0.4 is 0 Å². The molecule has 6 heteroatoms. The summed E-state index contributed by atoms with van der Waals surface area (Å²) in [4.78, 5) is 25.4. The molecule has 0 spiro atoms. The Morgan fingerprint density at radius 3 is 2.59 bits per heavy atom. The Bertz CT molecular complexity index is 582. The molecule has 5 nitrogen and oxygen atoms in total. The van der Waals surface area contributed by atoms with Gasteiger partial charge in [-0.05, 0) is 30.5 Å². The van der Waals surface area contributed by atoms with Gasteiger partial charge in [0.2, 0.25) is 5.91 Å². The molecule has 2 fully saturated rings. The number of carbonyl (C=O) groups is 2. The fourth-order valence-electron chi connectivity index (χ4n) is 3.04. The molecular formula is C16H18ClNO4. The number of nitrogens with zero attached hydrogens (tertiary/aromatic N) is 1. The maximum absolute atomic E-state index is 12.9. The minimum absolute atomic E-state index is 0.0717. The molecule has 1 aromatic rings. The predicted molar refractivity (Wildman–Crippen MR) is 80.9 cm³/mol. The summed E-state index contributed by atoms with van der Waals surface area (Å²) in [6.45, 7) is 1.26. The molecule has 0 aromatic heterocycles. The van der Waals surface area contributed by atoms with Crippen molar-refractivity contribution in [1.29, 1.82) is 0 Å². The minimum atomic E-state index is -0.905. The lowest BCUT2D eigenvalue weighted by molar-refractivity contribution is -0.149. The maximum atomic E-state index is 12.9. The third-order valence-corrected chi connectivity index (χ3v) is 4.64. The van der Waals surface area contributed by atoms with Crippen molar-refractivity contribution in [2.75, 3.05) is 19.7 Å². The lowest BCUT2D eigenvalue weighted by atomic mass is 9.94. The van der Waals surface area contributed by atoms with Gasteiger partial charge in [0.15, 0.2) is 0 Å². The molecule has 1 atom stereocenters. The highest BCUT2D eigenvalue weighted by molar-refractivity contribution is 6.30. The number of aliphatic carboxylic acids is 1. The Hall–Kier alpha value is -1.59. The van der Waals surface area contributed by atoms with E-state index in [1.807, 2.05) is 12.1 Å². The van der Waals surface area contributed by atoms with Crippen molar-refractivity contribution in [3.05, 3.63) is 34.9 Å². The average Bonchev–Trinajstić information content (AvgIpc) is 3.28. The Morgan fingerprint density at radius 1 is 1.32 bits per heavy atom. The summed E-state index contributed by atoms with van der Waals surface area (Å²) in [5, 5.41) is 9.52. The van der Waals surface area contributed by atoms with Gasteiger partial charge in [0, 0.05) is 18.1 Å². The van der Waals surface area contributed by atoms with E-state index in [4.69, 9.17) is 21.4 Å². The molecule has 1 heterocycles. The van der Waals surface area contributed by atoms with Gasteiger partial charge in [-0.15, -0.1) is 0 Å². The first-order valence-corrected chi connectivity index (χ1v) is 7.78. The van der Waals surface area contributed by atoms with Gasteiger partial charge < -0.3 is 14.7 Å². The number of carboxylic acid groups (broad SMARTS) is 1. The summed E-state index contributed by atoms with van der Waals surface area (Å²) in [7, 11) is 0. The summed E-state index contributed by atoms with van der Waals surface area (Å²) in [5.41, 5.74) is 0.540. The number of benzene rings is 1. The highest BCUT2D eigenvalue weighted by Gasteiger charge is 2.53. The van der Waals surface area contributed by atoms with Crippen molar-refractivity contribution in [3.8, 4) is 0 Å². The molecule has 22 heavy (non-hydrogen) atoms. The molecule has 1 aliphatic carbocycles. The van der Waals surface area contributed by atoms with Crippen LogP contribution in [0.5, 0.6) is 0 Å². The molecule has 118 valence electrons. The number of carboxylic acids is 1. The van der Waals surface area contributed by atoms with Crippen LogP contribution in [0.15, 0.2) is 24.3 Å². The number of hydrogen-bond donors (Lipinski definition) is 1. The van der Waals surface area contributed by atoms with Gasteiger partial charge in [-0.25, -0.2) is 0 Å². The average molecular weight is 324 g/mol. The van der Waals surface area contributed by atoms with Crippen molar-refractivity contribution in [2.24, 2.45) is 0 Å². The van der Waals surface area contributed by atoms with Crippen LogP contribution in [0, 0.1) is 0 Å². The van der Waals surface area contributed by atoms with Gasteiger partial charge in [0.05, 0.1) is 24.5 Å². The molecule has 1 amide bonds. The quantitative estimate of drug-likeness (QED) is 0.921. The van der Waals surface area contributed by atoms with E-state index in [9.17, 15) is 9.59 Å². The fraction of sp³-hybridized carbons (Fsp3) is 0.500. The smallest absolute Gasteiger partial charge is 0.306 e. The van der Waals surface area contributed by atoms with Gasteiger partial charge >= 0.3 is 5.97 Å². The molecule has 1 saturated carbocycles. The van der Waals surface area contributed by atoms with E-state index in [0.29, 0.717) is 24.7 Å². The first kappa shape index (κ1) is 15.3. The molecule has 3 rings (SSSR count). The number of carbonyl (C=O) groups excluding carboxylic acids is 1. The van der Waals surface area contributed by atoms with Crippen LogP contribution in [-0.2, 0) is 19.7 Å². The van der Waals surface area contributed by atoms with Gasteiger partial charge in [-0.3, -0.25) is 9.59 Å². The summed E-state index contributed by atoms with van der Waals surface area (Å²) in [6, 6.07) is 7.42. The van der Waals surface area contributed by atoms with Crippen LogP contribution in [0.3, 0.4) is 0 Å². The van der Waals surface area contributed by atoms with Crippen molar-refractivity contribution in [3.63, 3.8) is 0 Å². The Kier molecular flexibility index (Phi) is 4.10. The Balaban J connectivity index is 1.73. The summed E-state index contributed by atoms with van der Waals surface area (Å²) in [6.07, 6.45) is 1.16. The highest BCUT2D eigenvalue weighted by Crippen LogP contribution is 2.50. The number of ether oxygens (including phenoxy) is 1. The third-order valence-electron chi connectivity index (χ3n) is 4.38. The van der Waals surface area contributed by atoms with Gasteiger partial charge in [-0.2, -0.15) is 0 Å².